The Kier molecular flexibility index (Phi) is 3.75. The van der Waals surface area contributed by atoms with E-state index in [-0.39, 0.29) is 12.0 Å². The molecular weight excluding hydrogens is 188 g/mol. The van der Waals surface area contributed by atoms with Crippen LogP contribution in [0, 0.1) is 6.92 Å². The maximum Gasteiger partial charge on any atom is 0.123 e. The van der Waals surface area contributed by atoms with Crippen LogP contribution in [0.1, 0.15) is 31.9 Å². The predicted molar refractivity (Wildman–Crippen MR) is 62.5 cm³/mol. The zero-order chi connectivity index (χ0) is 11.5. The molecule has 0 heterocycles. The summed E-state index contributed by atoms with van der Waals surface area (Å²) in [4.78, 5) is 0. The van der Waals surface area contributed by atoms with Crippen LogP contribution in [0.2, 0.25) is 0 Å². The second-order valence-electron chi connectivity index (χ2n) is 4.82. The van der Waals surface area contributed by atoms with Crippen LogP contribution in [0.3, 0.4) is 0 Å². The van der Waals surface area contributed by atoms with Gasteiger partial charge in [0, 0.05) is 0 Å². The van der Waals surface area contributed by atoms with Crippen molar-refractivity contribution in [1.29, 1.82) is 0 Å². The topological polar surface area (TPSA) is 29.5 Å². The highest BCUT2D eigenvalue weighted by Gasteiger charge is 2.18. The standard InChI is InChI=1S/C13H20O2/c1-10-5-6-11(13(2,3)4)12(9-10)15-8-7-14/h5-6,9,14H,7-8H2,1-4H3. The molecule has 84 valence electrons. The van der Waals surface area contributed by atoms with Crippen LogP contribution in [0.4, 0.5) is 0 Å². The van der Waals surface area contributed by atoms with E-state index in [1.54, 1.807) is 0 Å². The zero-order valence-corrected chi connectivity index (χ0v) is 10.0. The highest BCUT2D eigenvalue weighted by Crippen LogP contribution is 2.31. The Morgan fingerprint density at radius 2 is 1.93 bits per heavy atom. The molecule has 0 spiro atoms. The Hall–Kier alpha value is -1.02. The summed E-state index contributed by atoms with van der Waals surface area (Å²) in [5.74, 6) is 0.886. The number of aryl methyl sites for hydroxylation is 1. The number of hydrogen-bond acceptors (Lipinski definition) is 2. The lowest BCUT2D eigenvalue weighted by molar-refractivity contribution is 0.199. The van der Waals surface area contributed by atoms with Crippen LogP contribution < -0.4 is 4.74 Å². The number of hydrogen-bond donors (Lipinski definition) is 1. The monoisotopic (exact) mass is 208 g/mol. The highest BCUT2D eigenvalue weighted by molar-refractivity contribution is 5.41. The third-order valence-electron chi connectivity index (χ3n) is 2.29. The molecule has 15 heavy (non-hydrogen) atoms. The molecule has 1 aromatic carbocycles. The number of benzene rings is 1. The molecule has 1 rings (SSSR count). The van der Waals surface area contributed by atoms with E-state index in [0.717, 1.165) is 5.75 Å². The Morgan fingerprint density at radius 1 is 1.27 bits per heavy atom. The van der Waals surface area contributed by atoms with Crippen molar-refractivity contribution in [1.82, 2.24) is 0 Å². The first-order chi connectivity index (χ1) is 6.95. The van der Waals surface area contributed by atoms with Gasteiger partial charge in [0.25, 0.3) is 0 Å². The summed E-state index contributed by atoms with van der Waals surface area (Å²) in [6.07, 6.45) is 0. The van der Waals surface area contributed by atoms with Gasteiger partial charge in [0.2, 0.25) is 0 Å². The van der Waals surface area contributed by atoms with Gasteiger partial charge in [0.1, 0.15) is 12.4 Å². The Labute approximate surface area is 91.9 Å². The van der Waals surface area contributed by atoms with Crippen molar-refractivity contribution in [3.05, 3.63) is 29.3 Å². The van der Waals surface area contributed by atoms with Gasteiger partial charge in [0.05, 0.1) is 6.61 Å². The summed E-state index contributed by atoms with van der Waals surface area (Å²) in [5.41, 5.74) is 2.43. The number of ether oxygens (including phenoxy) is 1. The summed E-state index contributed by atoms with van der Waals surface area (Å²) in [7, 11) is 0. The van der Waals surface area contributed by atoms with Crippen LogP contribution in [0.5, 0.6) is 5.75 Å². The van der Waals surface area contributed by atoms with Crippen molar-refractivity contribution in [2.45, 2.75) is 33.1 Å². The molecule has 0 radical (unpaired) electrons. The van der Waals surface area contributed by atoms with E-state index in [9.17, 15) is 0 Å². The van der Waals surface area contributed by atoms with E-state index in [1.165, 1.54) is 11.1 Å². The molecule has 0 aliphatic heterocycles. The van der Waals surface area contributed by atoms with E-state index in [2.05, 4.69) is 32.9 Å². The van der Waals surface area contributed by atoms with Crippen molar-refractivity contribution >= 4 is 0 Å². The van der Waals surface area contributed by atoms with Gasteiger partial charge in [-0.3, -0.25) is 0 Å². The molecule has 0 saturated heterocycles. The van der Waals surface area contributed by atoms with Gasteiger partial charge in [0.15, 0.2) is 0 Å². The van der Waals surface area contributed by atoms with E-state index in [1.807, 2.05) is 13.0 Å². The molecule has 0 fully saturated rings. The summed E-state index contributed by atoms with van der Waals surface area (Å²) < 4.78 is 5.54. The van der Waals surface area contributed by atoms with Crippen molar-refractivity contribution in [2.24, 2.45) is 0 Å². The lowest BCUT2D eigenvalue weighted by atomic mass is 9.86. The zero-order valence-electron chi connectivity index (χ0n) is 10.0. The Bertz CT molecular complexity index is 324. The fourth-order valence-electron chi connectivity index (χ4n) is 1.52. The maximum absolute atomic E-state index is 8.77. The quantitative estimate of drug-likeness (QED) is 0.827. The van der Waals surface area contributed by atoms with Crippen molar-refractivity contribution in [3.63, 3.8) is 0 Å². The lowest BCUT2D eigenvalue weighted by Crippen LogP contribution is -2.14. The molecule has 0 amide bonds. The third kappa shape index (κ3) is 3.24. The van der Waals surface area contributed by atoms with E-state index >= 15 is 0 Å². The molecule has 0 aromatic heterocycles. The Morgan fingerprint density at radius 3 is 2.47 bits per heavy atom. The molecule has 2 nitrogen and oxygen atoms in total. The number of aliphatic hydroxyl groups is 1. The van der Waals surface area contributed by atoms with Gasteiger partial charge < -0.3 is 9.84 Å². The summed E-state index contributed by atoms with van der Waals surface area (Å²) >= 11 is 0. The first-order valence-corrected chi connectivity index (χ1v) is 5.30. The minimum atomic E-state index is 0.0531. The summed E-state index contributed by atoms with van der Waals surface area (Å²) in [5, 5.41) is 8.77. The maximum atomic E-state index is 8.77. The molecule has 0 unspecified atom stereocenters. The predicted octanol–water partition coefficient (Wildman–Crippen LogP) is 2.66. The van der Waals surface area contributed by atoms with Crippen molar-refractivity contribution < 1.29 is 9.84 Å². The SMILES string of the molecule is Cc1ccc(C(C)(C)C)c(OCCO)c1. The second kappa shape index (κ2) is 4.67. The highest BCUT2D eigenvalue weighted by atomic mass is 16.5. The molecule has 0 aliphatic carbocycles. The first kappa shape index (κ1) is 12.1. The van der Waals surface area contributed by atoms with Gasteiger partial charge in [-0.05, 0) is 29.5 Å². The molecular formula is C13H20O2. The van der Waals surface area contributed by atoms with Gasteiger partial charge in [-0.25, -0.2) is 0 Å². The average molecular weight is 208 g/mol. The van der Waals surface area contributed by atoms with Gasteiger partial charge in [-0.1, -0.05) is 32.9 Å². The molecule has 0 atom stereocenters. The molecule has 0 saturated carbocycles. The van der Waals surface area contributed by atoms with Gasteiger partial charge in [-0.2, -0.15) is 0 Å². The average Bonchev–Trinajstić information content (AvgIpc) is 2.12. The molecule has 1 N–H and O–H groups in total. The van der Waals surface area contributed by atoms with E-state index in [4.69, 9.17) is 9.84 Å². The van der Waals surface area contributed by atoms with Crippen LogP contribution >= 0.6 is 0 Å². The van der Waals surface area contributed by atoms with Crippen LogP contribution in [0.15, 0.2) is 18.2 Å². The van der Waals surface area contributed by atoms with Crippen LogP contribution in [-0.4, -0.2) is 18.3 Å². The summed E-state index contributed by atoms with van der Waals surface area (Å²) in [6, 6.07) is 6.21. The molecule has 1 aromatic rings. The van der Waals surface area contributed by atoms with E-state index < -0.39 is 0 Å². The third-order valence-corrected chi connectivity index (χ3v) is 2.29. The van der Waals surface area contributed by atoms with Gasteiger partial charge >= 0.3 is 0 Å². The fraction of sp³-hybridized carbons (Fsp3) is 0.538. The fourth-order valence-corrected chi connectivity index (χ4v) is 1.52. The molecule has 0 aliphatic rings. The number of rotatable bonds is 3. The van der Waals surface area contributed by atoms with E-state index in [0.29, 0.717) is 6.61 Å². The minimum absolute atomic E-state index is 0.0531. The van der Waals surface area contributed by atoms with Crippen molar-refractivity contribution in [2.75, 3.05) is 13.2 Å². The van der Waals surface area contributed by atoms with Gasteiger partial charge in [-0.15, -0.1) is 0 Å². The minimum Gasteiger partial charge on any atom is -0.491 e. The first-order valence-electron chi connectivity index (χ1n) is 5.30. The van der Waals surface area contributed by atoms with Crippen molar-refractivity contribution in [3.8, 4) is 5.75 Å². The number of aliphatic hydroxyl groups excluding tert-OH is 1. The largest absolute Gasteiger partial charge is 0.491 e. The normalized spacial score (nSPS) is 11.5. The summed E-state index contributed by atoms with van der Waals surface area (Å²) in [6.45, 7) is 8.92. The lowest BCUT2D eigenvalue weighted by Gasteiger charge is -2.23. The van der Waals surface area contributed by atoms with Crippen LogP contribution in [-0.2, 0) is 5.41 Å². The van der Waals surface area contributed by atoms with Crippen LogP contribution in [0.25, 0.3) is 0 Å². The molecule has 2 heteroatoms. The smallest absolute Gasteiger partial charge is 0.123 e. The Balaban J connectivity index is 3.03. The molecule has 0 bridgehead atoms. The second-order valence-corrected chi connectivity index (χ2v) is 4.82.